The molecule has 1 amide bonds. The van der Waals surface area contributed by atoms with Gasteiger partial charge in [0.1, 0.15) is 0 Å². The van der Waals surface area contributed by atoms with Crippen molar-refractivity contribution in [3.63, 3.8) is 0 Å². The maximum absolute atomic E-state index is 11.8. The lowest BCUT2D eigenvalue weighted by atomic mass is 9.95. The minimum Gasteiger partial charge on any atom is -0.380 e. The van der Waals surface area contributed by atoms with Crippen molar-refractivity contribution < 1.29 is 9.53 Å². The summed E-state index contributed by atoms with van der Waals surface area (Å²) in [5, 5.41) is 2.90. The van der Waals surface area contributed by atoms with Crippen molar-refractivity contribution in [2.45, 2.75) is 26.2 Å². The highest BCUT2D eigenvalue weighted by Crippen LogP contribution is 2.30. The monoisotopic (exact) mass is 214 g/mol. The first-order valence-electron chi connectivity index (χ1n) is 5.85. The van der Waals surface area contributed by atoms with Crippen LogP contribution in [0.15, 0.2) is 0 Å². The Labute approximate surface area is 91.5 Å². The molecule has 1 saturated carbocycles. The van der Waals surface area contributed by atoms with Gasteiger partial charge in [-0.15, -0.1) is 0 Å². The molecule has 0 unspecified atom stereocenters. The molecule has 0 aromatic rings. The maximum Gasteiger partial charge on any atom is 0.223 e. The van der Waals surface area contributed by atoms with Crippen molar-refractivity contribution in [1.82, 2.24) is 5.32 Å². The van der Waals surface area contributed by atoms with Crippen LogP contribution in [0.2, 0.25) is 0 Å². The molecule has 1 fully saturated rings. The van der Waals surface area contributed by atoms with E-state index in [4.69, 9.17) is 10.5 Å². The fourth-order valence-corrected chi connectivity index (χ4v) is 2.19. The second-order valence-electron chi connectivity index (χ2n) is 4.02. The highest BCUT2D eigenvalue weighted by atomic mass is 16.5. The van der Waals surface area contributed by atoms with Gasteiger partial charge >= 0.3 is 0 Å². The predicted octanol–water partition coefficient (Wildman–Crippen LogP) is 0.514. The van der Waals surface area contributed by atoms with Gasteiger partial charge in [0, 0.05) is 19.1 Å². The van der Waals surface area contributed by atoms with E-state index < -0.39 is 0 Å². The van der Waals surface area contributed by atoms with Crippen LogP contribution in [-0.2, 0) is 9.53 Å². The molecule has 2 atom stereocenters. The van der Waals surface area contributed by atoms with Crippen LogP contribution < -0.4 is 11.1 Å². The van der Waals surface area contributed by atoms with E-state index in [1.807, 2.05) is 6.92 Å². The van der Waals surface area contributed by atoms with Crippen molar-refractivity contribution in [2.24, 2.45) is 17.6 Å². The average molecular weight is 214 g/mol. The predicted molar refractivity (Wildman–Crippen MR) is 59.4 cm³/mol. The van der Waals surface area contributed by atoms with E-state index in [1.165, 1.54) is 0 Å². The van der Waals surface area contributed by atoms with Gasteiger partial charge in [-0.05, 0) is 32.2 Å². The molecule has 1 aliphatic rings. The van der Waals surface area contributed by atoms with Crippen LogP contribution >= 0.6 is 0 Å². The fraction of sp³-hybridized carbons (Fsp3) is 0.909. The molecular formula is C11H22N2O2. The van der Waals surface area contributed by atoms with Crippen LogP contribution in [0.4, 0.5) is 0 Å². The van der Waals surface area contributed by atoms with Crippen molar-refractivity contribution in [2.75, 3.05) is 26.3 Å². The number of rotatable bonds is 6. The van der Waals surface area contributed by atoms with Gasteiger partial charge in [0.15, 0.2) is 0 Å². The second kappa shape index (κ2) is 6.80. The molecule has 4 nitrogen and oxygen atoms in total. The Morgan fingerprint density at radius 2 is 2.33 bits per heavy atom. The van der Waals surface area contributed by atoms with Crippen LogP contribution in [0, 0.1) is 11.8 Å². The summed E-state index contributed by atoms with van der Waals surface area (Å²) in [5.41, 5.74) is 5.63. The third-order valence-electron chi connectivity index (χ3n) is 3.05. The van der Waals surface area contributed by atoms with E-state index in [2.05, 4.69) is 5.32 Å². The van der Waals surface area contributed by atoms with Crippen LogP contribution in [0.5, 0.6) is 0 Å². The number of amides is 1. The minimum atomic E-state index is 0.136. The van der Waals surface area contributed by atoms with Gasteiger partial charge in [-0.1, -0.05) is 6.42 Å². The molecule has 0 aliphatic heterocycles. The summed E-state index contributed by atoms with van der Waals surface area (Å²) in [5.74, 6) is 0.677. The lowest BCUT2D eigenvalue weighted by Crippen LogP contribution is -2.36. The van der Waals surface area contributed by atoms with Crippen LogP contribution in [0.25, 0.3) is 0 Å². The number of hydrogen-bond donors (Lipinski definition) is 2. The summed E-state index contributed by atoms with van der Waals surface area (Å²) in [4.78, 5) is 11.8. The van der Waals surface area contributed by atoms with Crippen molar-refractivity contribution in [1.29, 1.82) is 0 Å². The highest BCUT2D eigenvalue weighted by Gasteiger charge is 2.31. The lowest BCUT2D eigenvalue weighted by Gasteiger charge is -2.17. The third-order valence-corrected chi connectivity index (χ3v) is 3.05. The SMILES string of the molecule is CCOCCNC(=O)[C@@H]1CCC[C@@H]1CN. The van der Waals surface area contributed by atoms with Crippen LogP contribution in [0.3, 0.4) is 0 Å². The fourth-order valence-electron chi connectivity index (χ4n) is 2.19. The van der Waals surface area contributed by atoms with Gasteiger partial charge in [0.2, 0.25) is 5.91 Å². The Balaban J connectivity index is 2.21. The maximum atomic E-state index is 11.8. The van der Waals surface area contributed by atoms with E-state index in [-0.39, 0.29) is 11.8 Å². The van der Waals surface area contributed by atoms with Gasteiger partial charge in [-0.3, -0.25) is 4.79 Å². The standard InChI is InChI=1S/C11H22N2O2/c1-2-15-7-6-13-11(14)10-5-3-4-9(10)8-12/h9-10H,2-8,12H2,1H3,(H,13,14)/t9-,10-/m1/s1. The molecule has 0 heterocycles. The molecular weight excluding hydrogens is 192 g/mol. The number of carbonyl (C=O) groups excluding carboxylic acids is 1. The first-order valence-corrected chi connectivity index (χ1v) is 5.85. The lowest BCUT2D eigenvalue weighted by molar-refractivity contribution is -0.126. The largest absolute Gasteiger partial charge is 0.380 e. The highest BCUT2D eigenvalue weighted by molar-refractivity contribution is 5.79. The Hall–Kier alpha value is -0.610. The van der Waals surface area contributed by atoms with E-state index in [1.54, 1.807) is 0 Å². The van der Waals surface area contributed by atoms with Gasteiger partial charge in [0.05, 0.1) is 6.61 Å². The van der Waals surface area contributed by atoms with Gasteiger partial charge in [-0.25, -0.2) is 0 Å². The number of carbonyl (C=O) groups is 1. The van der Waals surface area contributed by atoms with Crippen LogP contribution in [0.1, 0.15) is 26.2 Å². The van der Waals surface area contributed by atoms with E-state index >= 15 is 0 Å². The van der Waals surface area contributed by atoms with Gasteiger partial charge in [0.25, 0.3) is 0 Å². The van der Waals surface area contributed by atoms with E-state index in [9.17, 15) is 4.79 Å². The number of nitrogens with two attached hydrogens (primary N) is 1. The first-order chi connectivity index (χ1) is 7.29. The summed E-state index contributed by atoms with van der Waals surface area (Å²) < 4.78 is 5.16. The quantitative estimate of drug-likeness (QED) is 0.633. The molecule has 3 N–H and O–H groups in total. The summed E-state index contributed by atoms with van der Waals surface area (Å²) in [6.07, 6.45) is 3.22. The second-order valence-corrected chi connectivity index (χ2v) is 4.02. The molecule has 1 aliphatic carbocycles. The molecule has 0 radical (unpaired) electrons. The number of hydrogen-bond acceptors (Lipinski definition) is 3. The summed E-state index contributed by atoms with van der Waals surface area (Å²) >= 11 is 0. The molecule has 0 saturated heterocycles. The third kappa shape index (κ3) is 3.80. The Morgan fingerprint density at radius 1 is 1.53 bits per heavy atom. The van der Waals surface area contributed by atoms with Crippen molar-refractivity contribution in [3.05, 3.63) is 0 Å². The Bertz CT molecular complexity index is 197. The van der Waals surface area contributed by atoms with Crippen LogP contribution in [-0.4, -0.2) is 32.2 Å². The zero-order valence-corrected chi connectivity index (χ0v) is 9.50. The zero-order valence-electron chi connectivity index (χ0n) is 9.50. The molecule has 0 aromatic carbocycles. The Morgan fingerprint density at radius 3 is 3.00 bits per heavy atom. The topological polar surface area (TPSA) is 64.3 Å². The molecule has 1 rings (SSSR count). The van der Waals surface area contributed by atoms with Gasteiger partial charge < -0.3 is 15.8 Å². The molecule has 15 heavy (non-hydrogen) atoms. The molecule has 0 aromatic heterocycles. The van der Waals surface area contributed by atoms with Gasteiger partial charge in [-0.2, -0.15) is 0 Å². The summed E-state index contributed by atoms with van der Waals surface area (Å²) in [6, 6.07) is 0. The molecule has 4 heteroatoms. The zero-order chi connectivity index (χ0) is 11.1. The molecule has 0 bridgehead atoms. The molecule has 0 spiro atoms. The van der Waals surface area contributed by atoms with Crippen molar-refractivity contribution >= 4 is 5.91 Å². The van der Waals surface area contributed by atoms with E-state index in [0.29, 0.717) is 32.2 Å². The molecule has 88 valence electrons. The summed E-state index contributed by atoms with van der Waals surface area (Å²) in [6.45, 7) is 4.49. The minimum absolute atomic E-state index is 0.136. The normalized spacial score (nSPS) is 25.5. The average Bonchev–Trinajstić information content (AvgIpc) is 2.72. The van der Waals surface area contributed by atoms with E-state index in [0.717, 1.165) is 19.3 Å². The van der Waals surface area contributed by atoms with Crippen molar-refractivity contribution in [3.8, 4) is 0 Å². The Kier molecular flexibility index (Phi) is 5.65. The summed E-state index contributed by atoms with van der Waals surface area (Å²) in [7, 11) is 0. The number of ether oxygens (including phenoxy) is 1. The number of nitrogens with one attached hydrogen (secondary N) is 1. The first kappa shape index (κ1) is 12.5. The smallest absolute Gasteiger partial charge is 0.223 e.